The van der Waals surface area contributed by atoms with Crippen molar-refractivity contribution in [2.75, 3.05) is 5.32 Å². The molecule has 0 atom stereocenters. The van der Waals surface area contributed by atoms with Crippen LogP contribution in [0, 0.1) is 11.3 Å². The number of nitriles is 1. The topological polar surface area (TPSA) is 55.7 Å². The van der Waals surface area contributed by atoms with E-state index in [2.05, 4.69) is 45.0 Å². The Hall–Kier alpha value is -2.54. The first-order valence-electron chi connectivity index (χ1n) is 10.0. The Labute approximate surface area is 153 Å². The number of pyridine rings is 1. The third-order valence-corrected chi connectivity index (χ3v) is 6.20. The number of H-pyrrole nitrogens is 1. The average Bonchev–Trinajstić information content (AvgIpc) is 3.08. The van der Waals surface area contributed by atoms with Crippen molar-refractivity contribution >= 4 is 22.5 Å². The van der Waals surface area contributed by atoms with E-state index in [-0.39, 0.29) is 0 Å². The van der Waals surface area contributed by atoms with Crippen LogP contribution < -0.4 is 9.72 Å². The fraction of sp³-hybridized carbons (Fsp3) is 0.455. The fourth-order valence-corrected chi connectivity index (χ4v) is 4.92. The second kappa shape index (κ2) is 6.32. The lowest BCUT2D eigenvalue weighted by atomic mass is 9.88. The van der Waals surface area contributed by atoms with Crippen LogP contribution in [0.1, 0.15) is 61.6 Å². The number of anilines is 1. The molecule has 2 N–H and O–H groups in total. The number of aromatic amines is 1. The highest BCUT2D eigenvalue weighted by atomic mass is 15.1. The molecular formula is C22H25N4+. The van der Waals surface area contributed by atoms with Crippen LogP contribution in [0.2, 0.25) is 0 Å². The van der Waals surface area contributed by atoms with Gasteiger partial charge in [-0.3, -0.25) is 4.98 Å². The molecule has 2 aromatic heterocycles. The first-order chi connectivity index (χ1) is 12.9. The number of benzene rings is 1. The molecule has 0 aliphatic heterocycles. The lowest BCUT2D eigenvalue weighted by Gasteiger charge is -2.25. The molecule has 4 nitrogen and oxygen atoms in total. The van der Waals surface area contributed by atoms with Gasteiger partial charge in [-0.1, -0.05) is 31.4 Å². The van der Waals surface area contributed by atoms with Crippen molar-refractivity contribution in [2.24, 2.45) is 0 Å². The van der Waals surface area contributed by atoms with Crippen LogP contribution in [0.4, 0.5) is 5.82 Å². The molecule has 3 aromatic rings. The van der Waals surface area contributed by atoms with Crippen LogP contribution in [0.25, 0.3) is 16.7 Å². The summed E-state index contributed by atoms with van der Waals surface area (Å²) in [5.74, 6) is 1.23. The second-order valence-electron chi connectivity index (χ2n) is 7.81. The van der Waals surface area contributed by atoms with Gasteiger partial charge >= 0.3 is 0 Å². The van der Waals surface area contributed by atoms with Crippen molar-refractivity contribution in [1.82, 2.24) is 4.98 Å². The summed E-state index contributed by atoms with van der Waals surface area (Å²) in [6, 6.07) is 11.5. The van der Waals surface area contributed by atoms with Crippen LogP contribution in [-0.2, 0) is 12.8 Å². The molecule has 0 spiro atoms. The molecule has 0 saturated heterocycles. The van der Waals surface area contributed by atoms with Crippen molar-refractivity contribution in [1.29, 1.82) is 5.26 Å². The molecule has 2 heterocycles. The summed E-state index contributed by atoms with van der Waals surface area (Å²) in [6.45, 7) is 0. The highest BCUT2D eigenvalue weighted by molar-refractivity contribution is 5.78. The SMILES string of the molecule is N#Cc1c2c(c(NC3CCCCC3)[n+]3c1[nH]c1ccccc13)CCCC2. The largest absolute Gasteiger partial charge is 0.302 e. The monoisotopic (exact) mass is 345 g/mol. The van der Waals surface area contributed by atoms with Gasteiger partial charge < -0.3 is 5.32 Å². The van der Waals surface area contributed by atoms with Gasteiger partial charge in [-0.25, -0.2) is 0 Å². The molecule has 1 fully saturated rings. The van der Waals surface area contributed by atoms with Crippen LogP contribution in [0.3, 0.4) is 0 Å². The van der Waals surface area contributed by atoms with E-state index >= 15 is 0 Å². The summed E-state index contributed by atoms with van der Waals surface area (Å²) in [7, 11) is 0. The molecule has 132 valence electrons. The molecule has 26 heavy (non-hydrogen) atoms. The standard InChI is InChI=1S/C22H24N4/c23-14-18-16-10-4-5-11-17(16)21(24-15-8-2-1-3-9-15)26-20-13-7-6-12-19(20)25-22(18)26/h6-7,12-13,15H,1-5,8-11H2,(H,24,25)/p+1. The summed E-state index contributed by atoms with van der Waals surface area (Å²) in [5, 5.41) is 13.8. The van der Waals surface area contributed by atoms with E-state index in [1.54, 1.807) is 0 Å². The van der Waals surface area contributed by atoms with Gasteiger partial charge in [0.05, 0.1) is 6.04 Å². The fourth-order valence-electron chi connectivity index (χ4n) is 4.92. The Kier molecular flexibility index (Phi) is 3.81. The summed E-state index contributed by atoms with van der Waals surface area (Å²) >= 11 is 0. The predicted molar refractivity (Wildman–Crippen MR) is 103 cm³/mol. The summed E-state index contributed by atoms with van der Waals surface area (Å²) < 4.78 is 2.28. The summed E-state index contributed by atoms with van der Waals surface area (Å²) in [5.41, 5.74) is 6.69. The third kappa shape index (κ3) is 2.38. The minimum atomic E-state index is 0.548. The molecule has 0 amide bonds. The zero-order valence-electron chi connectivity index (χ0n) is 15.1. The number of fused-ring (bicyclic) bond motifs is 4. The van der Waals surface area contributed by atoms with Gasteiger partial charge in [0.15, 0.2) is 0 Å². The van der Waals surface area contributed by atoms with Gasteiger partial charge in [0.1, 0.15) is 22.7 Å². The average molecular weight is 345 g/mol. The van der Waals surface area contributed by atoms with E-state index in [1.807, 2.05) is 0 Å². The maximum Gasteiger partial charge on any atom is 0.250 e. The molecule has 2 aliphatic carbocycles. The molecule has 1 saturated carbocycles. The van der Waals surface area contributed by atoms with Gasteiger partial charge in [-0.05, 0) is 56.2 Å². The van der Waals surface area contributed by atoms with E-state index in [1.165, 1.54) is 61.9 Å². The number of hydrogen-bond acceptors (Lipinski definition) is 2. The molecule has 2 aliphatic rings. The minimum absolute atomic E-state index is 0.548. The normalized spacial score (nSPS) is 18.0. The van der Waals surface area contributed by atoms with Crippen molar-refractivity contribution in [3.05, 3.63) is 41.0 Å². The highest BCUT2D eigenvalue weighted by Crippen LogP contribution is 2.33. The minimum Gasteiger partial charge on any atom is -0.302 e. The molecular weight excluding hydrogens is 320 g/mol. The van der Waals surface area contributed by atoms with Crippen LogP contribution in [-0.4, -0.2) is 11.0 Å². The molecule has 0 unspecified atom stereocenters. The van der Waals surface area contributed by atoms with Crippen LogP contribution in [0.5, 0.6) is 0 Å². The highest BCUT2D eigenvalue weighted by Gasteiger charge is 2.30. The van der Waals surface area contributed by atoms with Crippen molar-refractivity contribution in [3.63, 3.8) is 0 Å². The van der Waals surface area contributed by atoms with Crippen LogP contribution >= 0.6 is 0 Å². The number of aromatic nitrogens is 2. The van der Waals surface area contributed by atoms with E-state index in [0.717, 1.165) is 35.1 Å². The maximum atomic E-state index is 9.93. The Balaban J connectivity index is 1.81. The first kappa shape index (κ1) is 15.7. The van der Waals surface area contributed by atoms with Crippen LogP contribution in [0.15, 0.2) is 24.3 Å². The van der Waals surface area contributed by atoms with Gasteiger partial charge in [-0.15, -0.1) is 0 Å². The quantitative estimate of drug-likeness (QED) is 0.676. The van der Waals surface area contributed by atoms with Gasteiger partial charge in [0.2, 0.25) is 11.5 Å². The van der Waals surface area contributed by atoms with Gasteiger partial charge in [-0.2, -0.15) is 9.66 Å². The van der Waals surface area contributed by atoms with E-state index in [4.69, 9.17) is 0 Å². The lowest BCUT2D eigenvalue weighted by molar-refractivity contribution is -0.465. The number of para-hydroxylation sites is 2. The summed E-state index contributed by atoms with van der Waals surface area (Å²) in [4.78, 5) is 3.53. The lowest BCUT2D eigenvalue weighted by Crippen LogP contribution is -2.35. The van der Waals surface area contributed by atoms with Crippen molar-refractivity contribution in [2.45, 2.75) is 63.8 Å². The Morgan fingerprint density at radius 1 is 1.00 bits per heavy atom. The maximum absolute atomic E-state index is 9.93. The second-order valence-corrected chi connectivity index (χ2v) is 7.81. The number of imidazole rings is 1. The number of rotatable bonds is 2. The van der Waals surface area contributed by atoms with Crippen molar-refractivity contribution < 1.29 is 4.40 Å². The Morgan fingerprint density at radius 2 is 1.77 bits per heavy atom. The first-order valence-corrected chi connectivity index (χ1v) is 10.0. The molecule has 0 radical (unpaired) electrons. The van der Waals surface area contributed by atoms with E-state index < -0.39 is 0 Å². The van der Waals surface area contributed by atoms with Gasteiger partial charge in [0.25, 0.3) is 0 Å². The smallest absolute Gasteiger partial charge is 0.250 e. The number of nitrogens with one attached hydrogen (secondary N) is 2. The summed E-state index contributed by atoms with van der Waals surface area (Å²) in [6.07, 6.45) is 11.0. The zero-order chi connectivity index (χ0) is 17.5. The molecule has 4 heteroatoms. The Morgan fingerprint density at radius 3 is 2.58 bits per heavy atom. The van der Waals surface area contributed by atoms with Gasteiger partial charge in [0, 0.05) is 5.56 Å². The third-order valence-electron chi connectivity index (χ3n) is 6.20. The zero-order valence-corrected chi connectivity index (χ0v) is 15.1. The molecule has 0 bridgehead atoms. The molecule has 1 aromatic carbocycles. The van der Waals surface area contributed by atoms with E-state index in [0.29, 0.717) is 6.04 Å². The number of hydrogen-bond donors (Lipinski definition) is 2. The van der Waals surface area contributed by atoms with E-state index in [9.17, 15) is 5.26 Å². The van der Waals surface area contributed by atoms with Crippen molar-refractivity contribution in [3.8, 4) is 6.07 Å². The predicted octanol–water partition coefficient (Wildman–Crippen LogP) is 4.40. The molecule has 5 rings (SSSR count). The Bertz CT molecular complexity index is 1020. The number of nitrogens with zero attached hydrogens (tertiary/aromatic N) is 2.